The van der Waals surface area contributed by atoms with Crippen molar-refractivity contribution in [1.29, 1.82) is 0 Å². The zero-order valence-electron chi connectivity index (χ0n) is 13.2. The van der Waals surface area contributed by atoms with E-state index < -0.39 is 0 Å². The van der Waals surface area contributed by atoms with Gasteiger partial charge in [0.15, 0.2) is 0 Å². The van der Waals surface area contributed by atoms with Crippen molar-refractivity contribution in [3.63, 3.8) is 0 Å². The number of benzene rings is 1. The van der Waals surface area contributed by atoms with Crippen LogP contribution < -0.4 is 5.32 Å². The molecular formula is C17H25NO3S. The van der Waals surface area contributed by atoms with Crippen molar-refractivity contribution in [2.75, 3.05) is 0 Å². The molecule has 22 heavy (non-hydrogen) atoms. The summed E-state index contributed by atoms with van der Waals surface area (Å²) in [6.07, 6.45) is 7.78. The van der Waals surface area contributed by atoms with Gasteiger partial charge in [-0.2, -0.15) is 0 Å². The molecule has 0 unspecified atom stereocenters. The molecule has 0 atom stereocenters. The van der Waals surface area contributed by atoms with Gasteiger partial charge in [0.25, 0.3) is 0 Å². The van der Waals surface area contributed by atoms with Gasteiger partial charge in [-0.25, -0.2) is 0 Å². The number of allylic oxidation sites excluding steroid dienone is 2. The third-order valence-electron chi connectivity index (χ3n) is 3.16. The Kier molecular flexibility index (Phi) is 8.70. The minimum atomic E-state index is 0.0270. The van der Waals surface area contributed by atoms with E-state index in [1.807, 2.05) is 0 Å². The number of hydrogen-bond donors (Lipinski definition) is 3. The van der Waals surface area contributed by atoms with Crippen molar-refractivity contribution in [2.24, 2.45) is 5.92 Å². The maximum absolute atomic E-state index is 11.7. The van der Waals surface area contributed by atoms with E-state index in [-0.39, 0.29) is 11.7 Å². The number of nitrogens with one attached hydrogen (secondary N) is 1. The highest BCUT2D eigenvalue weighted by Gasteiger charge is 2.05. The predicted molar refractivity (Wildman–Crippen MR) is 90.9 cm³/mol. The summed E-state index contributed by atoms with van der Waals surface area (Å²) in [4.78, 5) is 12.1. The summed E-state index contributed by atoms with van der Waals surface area (Å²) in [7, 11) is 0. The summed E-state index contributed by atoms with van der Waals surface area (Å²) in [5, 5.41) is 12.3. The fourth-order valence-electron chi connectivity index (χ4n) is 1.95. The zero-order valence-corrected chi connectivity index (χ0v) is 14.0. The van der Waals surface area contributed by atoms with Gasteiger partial charge in [0, 0.05) is 25.0 Å². The van der Waals surface area contributed by atoms with Crippen LogP contribution in [0, 0.1) is 5.92 Å². The van der Waals surface area contributed by atoms with Crippen LogP contribution in [0.25, 0.3) is 0 Å². The van der Waals surface area contributed by atoms with Crippen molar-refractivity contribution in [3.05, 3.63) is 35.9 Å². The van der Waals surface area contributed by atoms with E-state index in [0.717, 1.165) is 24.8 Å². The largest absolute Gasteiger partial charge is 0.507 e. The predicted octanol–water partition coefficient (Wildman–Crippen LogP) is 4.35. The topological polar surface area (TPSA) is 69.6 Å². The summed E-state index contributed by atoms with van der Waals surface area (Å²) in [5.74, 6) is 0.645. The molecule has 0 aliphatic carbocycles. The molecule has 4 nitrogen and oxygen atoms in total. The van der Waals surface area contributed by atoms with E-state index in [2.05, 4.69) is 31.3 Å². The first-order valence-electron chi connectivity index (χ1n) is 7.59. The number of phenols is 1. The Morgan fingerprint density at radius 3 is 2.82 bits per heavy atom. The molecule has 1 amide bonds. The lowest BCUT2D eigenvalue weighted by Gasteiger charge is -2.07. The molecule has 0 aliphatic heterocycles. The molecule has 0 saturated carbocycles. The number of phenolic OH excluding ortho intramolecular Hbond substituents is 1. The Labute approximate surface area is 136 Å². The average molecular weight is 323 g/mol. The molecule has 0 aromatic heterocycles. The monoisotopic (exact) mass is 323 g/mol. The van der Waals surface area contributed by atoms with Gasteiger partial charge in [0.05, 0.1) is 4.90 Å². The molecule has 5 heteroatoms. The van der Waals surface area contributed by atoms with Crippen LogP contribution in [0.4, 0.5) is 0 Å². The number of rotatable bonds is 9. The molecule has 0 spiro atoms. The summed E-state index contributed by atoms with van der Waals surface area (Å²) >= 11 is 0.498. The van der Waals surface area contributed by atoms with E-state index in [4.69, 9.17) is 4.55 Å². The van der Waals surface area contributed by atoms with E-state index in [1.54, 1.807) is 12.1 Å². The lowest BCUT2D eigenvalue weighted by molar-refractivity contribution is -0.121. The molecular weight excluding hydrogens is 298 g/mol. The fraction of sp³-hybridized carbons (Fsp3) is 0.471. The minimum absolute atomic E-state index is 0.0270. The van der Waals surface area contributed by atoms with Crippen LogP contribution in [0.5, 0.6) is 5.75 Å². The molecule has 0 fully saturated rings. The maximum Gasteiger partial charge on any atom is 0.220 e. The molecule has 0 aliphatic rings. The Morgan fingerprint density at radius 2 is 2.14 bits per heavy atom. The average Bonchev–Trinajstić information content (AvgIpc) is 2.49. The number of unbranched alkanes of at least 4 members (excludes halogenated alkanes) is 2. The van der Waals surface area contributed by atoms with Crippen LogP contribution in [-0.4, -0.2) is 15.6 Å². The van der Waals surface area contributed by atoms with Gasteiger partial charge in [0.1, 0.15) is 5.75 Å². The second kappa shape index (κ2) is 10.3. The highest BCUT2D eigenvalue weighted by molar-refractivity contribution is 7.93. The van der Waals surface area contributed by atoms with Crippen LogP contribution >= 0.6 is 12.0 Å². The SMILES string of the molecule is CC(C)/C=C/CCCCC(=O)NCc1ccc(O)c(SO)c1. The van der Waals surface area contributed by atoms with Gasteiger partial charge < -0.3 is 15.0 Å². The number of amides is 1. The van der Waals surface area contributed by atoms with Crippen molar-refractivity contribution < 1.29 is 14.5 Å². The molecule has 1 aromatic carbocycles. The number of carbonyl (C=O) groups excluding carboxylic acids is 1. The van der Waals surface area contributed by atoms with Crippen LogP contribution in [0.2, 0.25) is 0 Å². The first-order valence-corrected chi connectivity index (χ1v) is 8.37. The Balaban J connectivity index is 2.23. The molecule has 0 saturated heterocycles. The molecule has 3 N–H and O–H groups in total. The van der Waals surface area contributed by atoms with Gasteiger partial charge >= 0.3 is 0 Å². The van der Waals surface area contributed by atoms with Crippen LogP contribution in [0.15, 0.2) is 35.2 Å². The Hall–Kier alpha value is -1.46. The maximum atomic E-state index is 11.7. The quantitative estimate of drug-likeness (QED) is 0.359. The fourth-order valence-corrected chi connectivity index (χ4v) is 2.31. The summed E-state index contributed by atoms with van der Waals surface area (Å²) in [5.41, 5.74) is 0.850. The van der Waals surface area contributed by atoms with Gasteiger partial charge in [-0.1, -0.05) is 32.1 Å². The molecule has 0 radical (unpaired) electrons. The summed E-state index contributed by atoms with van der Waals surface area (Å²) in [6.45, 7) is 4.70. The van der Waals surface area contributed by atoms with Crippen molar-refractivity contribution in [1.82, 2.24) is 5.32 Å². The first-order chi connectivity index (χ1) is 10.5. The van der Waals surface area contributed by atoms with Gasteiger partial charge in [-0.15, -0.1) is 0 Å². The van der Waals surface area contributed by atoms with Crippen molar-refractivity contribution in [2.45, 2.75) is 51.0 Å². The van der Waals surface area contributed by atoms with E-state index in [0.29, 0.717) is 35.8 Å². The van der Waals surface area contributed by atoms with E-state index in [9.17, 15) is 9.90 Å². The smallest absolute Gasteiger partial charge is 0.220 e. The normalized spacial score (nSPS) is 11.3. The lowest BCUT2D eigenvalue weighted by Crippen LogP contribution is -2.22. The molecule has 0 heterocycles. The zero-order chi connectivity index (χ0) is 16.4. The minimum Gasteiger partial charge on any atom is -0.507 e. The second-order valence-corrected chi connectivity index (χ2v) is 6.21. The van der Waals surface area contributed by atoms with Crippen molar-refractivity contribution in [3.8, 4) is 5.75 Å². The number of carbonyl (C=O) groups is 1. The van der Waals surface area contributed by atoms with Crippen LogP contribution in [-0.2, 0) is 11.3 Å². The Bertz CT molecular complexity index is 501. The van der Waals surface area contributed by atoms with E-state index in [1.165, 1.54) is 6.07 Å². The molecule has 1 aromatic rings. The van der Waals surface area contributed by atoms with Crippen LogP contribution in [0.3, 0.4) is 0 Å². The third kappa shape index (κ3) is 7.52. The van der Waals surface area contributed by atoms with Crippen LogP contribution in [0.1, 0.15) is 45.1 Å². The third-order valence-corrected chi connectivity index (χ3v) is 3.68. The summed E-state index contributed by atoms with van der Waals surface area (Å²) < 4.78 is 9.01. The molecule has 122 valence electrons. The van der Waals surface area contributed by atoms with Crippen molar-refractivity contribution >= 4 is 17.9 Å². The summed E-state index contributed by atoms with van der Waals surface area (Å²) in [6, 6.07) is 4.91. The first kappa shape index (κ1) is 18.6. The highest BCUT2D eigenvalue weighted by atomic mass is 32.2. The second-order valence-electron chi connectivity index (χ2n) is 5.59. The molecule has 0 bridgehead atoms. The van der Waals surface area contributed by atoms with Gasteiger partial charge in [-0.3, -0.25) is 4.79 Å². The standard InChI is InChI=1S/C17H25NO3S/c1-13(2)7-5-3-4-6-8-17(20)18-12-14-9-10-15(19)16(11-14)22-21/h5,7,9-11,13,19,21H,3-4,6,8,12H2,1-2H3,(H,18,20)/b7-5+. The molecule has 1 rings (SSSR count). The Morgan fingerprint density at radius 1 is 1.36 bits per heavy atom. The van der Waals surface area contributed by atoms with Gasteiger partial charge in [-0.05, 0) is 42.9 Å². The number of hydrogen-bond acceptors (Lipinski definition) is 4. The highest BCUT2D eigenvalue weighted by Crippen LogP contribution is 2.26. The lowest BCUT2D eigenvalue weighted by atomic mass is 10.1. The van der Waals surface area contributed by atoms with Gasteiger partial charge in [0.2, 0.25) is 5.91 Å². The number of aromatic hydroxyl groups is 1. The van der Waals surface area contributed by atoms with E-state index >= 15 is 0 Å².